The Labute approximate surface area is 131 Å². The van der Waals surface area contributed by atoms with Gasteiger partial charge < -0.3 is 0 Å². The molecule has 0 saturated heterocycles. The van der Waals surface area contributed by atoms with E-state index in [0.29, 0.717) is 16.7 Å². The number of hydrogen-bond acceptors (Lipinski definition) is 5. The second-order valence-corrected chi connectivity index (χ2v) is 4.86. The molecule has 0 saturated carbocycles. The maximum Gasteiger partial charge on any atom is 0.285 e. The molecule has 0 unspecified atom stereocenters. The van der Waals surface area contributed by atoms with Gasteiger partial charge in [0.15, 0.2) is 0 Å². The Bertz CT molecular complexity index is 750. The van der Waals surface area contributed by atoms with Crippen molar-refractivity contribution in [1.29, 1.82) is 0 Å². The first-order valence-electron chi connectivity index (χ1n) is 6.76. The highest BCUT2D eigenvalue weighted by molar-refractivity contribution is 6.20. The summed E-state index contributed by atoms with van der Waals surface area (Å²) in [5.74, 6) is -1.62. The van der Waals surface area contributed by atoms with Gasteiger partial charge in [0.1, 0.15) is 6.61 Å². The van der Waals surface area contributed by atoms with Crippen molar-refractivity contribution in [3.8, 4) is 0 Å². The molecule has 0 aromatic heterocycles. The number of nitrogens with zero attached hydrogens (tertiary/aromatic N) is 1. The maximum absolute atomic E-state index is 12.1. The number of nitrogens with one attached hydrogen (secondary N) is 1. The van der Waals surface area contributed by atoms with E-state index in [1.807, 2.05) is 0 Å². The summed E-state index contributed by atoms with van der Waals surface area (Å²) in [5.41, 5.74) is 3.09. The molecule has 1 heterocycles. The molecule has 23 heavy (non-hydrogen) atoms. The van der Waals surface area contributed by atoms with Crippen LogP contribution in [-0.4, -0.2) is 28.0 Å². The molecular weight excluding hydrogens is 300 g/mol. The van der Waals surface area contributed by atoms with Gasteiger partial charge in [-0.1, -0.05) is 24.3 Å². The Morgan fingerprint density at radius 3 is 2.09 bits per heavy atom. The number of carbonyl (C=O) groups is 3. The van der Waals surface area contributed by atoms with Crippen molar-refractivity contribution in [1.82, 2.24) is 10.5 Å². The SMILES string of the molecule is O=C(NO)c1ccc(CON2C(=O)c3ccccc3C2=O)cc1. The van der Waals surface area contributed by atoms with E-state index >= 15 is 0 Å². The highest BCUT2D eigenvalue weighted by Crippen LogP contribution is 2.23. The standard InChI is InChI=1S/C16H12N2O5/c19-14(17-22)11-7-5-10(6-8-11)9-23-18-15(20)12-3-1-2-4-13(12)16(18)21/h1-8,22H,9H2,(H,17,19). The number of benzene rings is 2. The molecule has 0 spiro atoms. The van der Waals surface area contributed by atoms with E-state index in [1.54, 1.807) is 36.4 Å². The van der Waals surface area contributed by atoms with Crippen molar-refractivity contribution in [2.75, 3.05) is 0 Å². The number of hydrogen-bond donors (Lipinski definition) is 2. The first-order valence-corrected chi connectivity index (χ1v) is 6.76. The third-order valence-corrected chi connectivity index (χ3v) is 3.43. The molecule has 1 aliphatic rings. The average Bonchev–Trinajstić information content (AvgIpc) is 2.84. The van der Waals surface area contributed by atoms with Gasteiger partial charge in [0, 0.05) is 5.56 Å². The highest BCUT2D eigenvalue weighted by atomic mass is 16.7. The Morgan fingerprint density at radius 2 is 1.57 bits per heavy atom. The molecule has 2 aromatic carbocycles. The van der Waals surface area contributed by atoms with Gasteiger partial charge in [0.25, 0.3) is 17.7 Å². The van der Waals surface area contributed by atoms with Gasteiger partial charge >= 0.3 is 0 Å². The number of imide groups is 1. The molecule has 2 aromatic rings. The summed E-state index contributed by atoms with van der Waals surface area (Å²) in [7, 11) is 0. The second-order valence-electron chi connectivity index (χ2n) is 4.86. The molecule has 7 heteroatoms. The smallest absolute Gasteiger partial charge is 0.285 e. The Hall–Kier alpha value is -3.03. The summed E-state index contributed by atoms with van der Waals surface area (Å²) in [6.45, 7) is -0.00745. The fourth-order valence-corrected chi connectivity index (χ4v) is 2.24. The first-order chi connectivity index (χ1) is 11.1. The first kappa shape index (κ1) is 14.9. The van der Waals surface area contributed by atoms with Crippen LogP contribution in [0.2, 0.25) is 0 Å². The van der Waals surface area contributed by atoms with Crippen molar-refractivity contribution in [3.63, 3.8) is 0 Å². The fourth-order valence-electron chi connectivity index (χ4n) is 2.24. The third-order valence-electron chi connectivity index (χ3n) is 3.43. The summed E-state index contributed by atoms with van der Waals surface area (Å²) in [6, 6.07) is 12.7. The molecule has 3 rings (SSSR count). The van der Waals surface area contributed by atoms with Crippen LogP contribution < -0.4 is 5.48 Å². The summed E-state index contributed by atoms with van der Waals surface area (Å²) in [6.07, 6.45) is 0. The molecule has 3 amide bonds. The van der Waals surface area contributed by atoms with Crippen LogP contribution in [0.25, 0.3) is 0 Å². The third kappa shape index (κ3) is 2.70. The lowest BCUT2D eigenvalue weighted by molar-refractivity contribution is -0.101. The summed E-state index contributed by atoms with van der Waals surface area (Å²) < 4.78 is 0. The van der Waals surface area contributed by atoms with Crippen molar-refractivity contribution in [2.45, 2.75) is 6.61 Å². The molecule has 7 nitrogen and oxygen atoms in total. The minimum absolute atomic E-state index is 0.00745. The Balaban J connectivity index is 1.69. The van der Waals surface area contributed by atoms with Gasteiger partial charge in [0.2, 0.25) is 0 Å². The van der Waals surface area contributed by atoms with Crippen LogP contribution in [0.4, 0.5) is 0 Å². The number of rotatable bonds is 4. The molecule has 116 valence electrons. The van der Waals surface area contributed by atoms with Crippen LogP contribution in [-0.2, 0) is 11.4 Å². The number of carbonyl (C=O) groups excluding carboxylic acids is 3. The van der Waals surface area contributed by atoms with Crippen LogP contribution in [0.1, 0.15) is 36.6 Å². The van der Waals surface area contributed by atoms with Gasteiger partial charge in [0.05, 0.1) is 11.1 Å². The zero-order valence-electron chi connectivity index (χ0n) is 11.9. The molecule has 2 N–H and O–H groups in total. The quantitative estimate of drug-likeness (QED) is 0.507. The minimum Gasteiger partial charge on any atom is -0.288 e. The number of fused-ring (bicyclic) bond motifs is 1. The van der Waals surface area contributed by atoms with Crippen LogP contribution in [0, 0.1) is 0 Å². The predicted molar refractivity (Wildman–Crippen MR) is 77.4 cm³/mol. The molecule has 0 aliphatic carbocycles. The van der Waals surface area contributed by atoms with E-state index < -0.39 is 17.7 Å². The van der Waals surface area contributed by atoms with Crippen molar-refractivity contribution in [2.24, 2.45) is 0 Å². The van der Waals surface area contributed by atoms with E-state index in [0.717, 1.165) is 5.06 Å². The van der Waals surface area contributed by atoms with Crippen molar-refractivity contribution in [3.05, 3.63) is 70.8 Å². The number of hydroxylamine groups is 3. The van der Waals surface area contributed by atoms with Crippen LogP contribution in [0.3, 0.4) is 0 Å². The van der Waals surface area contributed by atoms with Gasteiger partial charge in [-0.3, -0.25) is 24.4 Å². The van der Waals surface area contributed by atoms with E-state index in [9.17, 15) is 14.4 Å². The summed E-state index contributed by atoms with van der Waals surface area (Å²) >= 11 is 0. The lowest BCUT2D eigenvalue weighted by Crippen LogP contribution is -2.29. The topological polar surface area (TPSA) is 95.9 Å². The lowest BCUT2D eigenvalue weighted by Gasteiger charge is -2.13. The van der Waals surface area contributed by atoms with Crippen LogP contribution in [0.5, 0.6) is 0 Å². The molecule has 0 atom stereocenters. The Morgan fingerprint density at radius 1 is 1.00 bits per heavy atom. The summed E-state index contributed by atoms with van der Waals surface area (Å²) in [4.78, 5) is 40.7. The van der Waals surface area contributed by atoms with Crippen molar-refractivity contribution < 1.29 is 24.4 Å². The van der Waals surface area contributed by atoms with Crippen LogP contribution >= 0.6 is 0 Å². The lowest BCUT2D eigenvalue weighted by atomic mass is 10.1. The average molecular weight is 312 g/mol. The molecule has 0 fully saturated rings. The highest BCUT2D eigenvalue weighted by Gasteiger charge is 2.36. The predicted octanol–water partition coefficient (Wildman–Crippen LogP) is 1.53. The zero-order chi connectivity index (χ0) is 16.4. The molecular formula is C16H12N2O5. The van der Waals surface area contributed by atoms with E-state index in [4.69, 9.17) is 10.0 Å². The van der Waals surface area contributed by atoms with Gasteiger partial charge in [-0.25, -0.2) is 5.48 Å². The Kier molecular flexibility index (Phi) is 3.88. The minimum atomic E-state index is -0.627. The molecule has 0 radical (unpaired) electrons. The van der Waals surface area contributed by atoms with Gasteiger partial charge in [-0.15, -0.1) is 5.06 Å². The molecule has 1 aliphatic heterocycles. The summed E-state index contributed by atoms with van der Waals surface area (Å²) in [5, 5.41) is 9.28. The van der Waals surface area contributed by atoms with Gasteiger partial charge in [-0.05, 0) is 29.8 Å². The van der Waals surface area contributed by atoms with E-state index in [2.05, 4.69) is 0 Å². The van der Waals surface area contributed by atoms with Crippen LogP contribution in [0.15, 0.2) is 48.5 Å². The van der Waals surface area contributed by atoms with Crippen molar-refractivity contribution >= 4 is 17.7 Å². The monoisotopic (exact) mass is 312 g/mol. The maximum atomic E-state index is 12.1. The zero-order valence-corrected chi connectivity index (χ0v) is 11.9. The van der Waals surface area contributed by atoms with E-state index in [1.165, 1.54) is 17.6 Å². The normalized spacial score (nSPS) is 13.2. The molecule has 0 bridgehead atoms. The second kappa shape index (κ2) is 5.99. The van der Waals surface area contributed by atoms with E-state index in [-0.39, 0.29) is 12.2 Å². The van der Waals surface area contributed by atoms with Gasteiger partial charge in [-0.2, -0.15) is 0 Å². The number of amides is 3. The largest absolute Gasteiger partial charge is 0.288 e. The fraction of sp³-hybridized carbons (Fsp3) is 0.0625.